The Kier molecular flexibility index (Phi) is 6.49. The summed E-state index contributed by atoms with van der Waals surface area (Å²) in [5.41, 5.74) is 6.92. The zero-order valence-corrected chi connectivity index (χ0v) is 13.0. The van der Waals surface area contributed by atoms with Crippen LogP contribution in [-0.4, -0.2) is 31.1 Å². The van der Waals surface area contributed by atoms with Crippen molar-refractivity contribution in [3.8, 4) is 6.07 Å². The van der Waals surface area contributed by atoms with Crippen LogP contribution in [0.1, 0.15) is 47.5 Å². The van der Waals surface area contributed by atoms with Crippen LogP contribution < -0.4 is 5.73 Å². The molecule has 1 aromatic rings. The molecule has 1 aromatic heterocycles. The van der Waals surface area contributed by atoms with Gasteiger partial charge in [0, 0.05) is 12.1 Å². The lowest BCUT2D eigenvalue weighted by Crippen LogP contribution is -2.20. The molecule has 0 saturated carbocycles. The van der Waals surface area contributed by atoms with Crippen molar-refractivity contribution in [2.45, 2.75) is 33.2 Å². The molecule has 0 radical (unpaired) electrons. The lowest BCUT2D eigenvalue weighted by atomic mass is 10.1. The van der Waals surface area contributed by atoms with Gasteiger partial charge in [-0.3, -0.25) is 0 Å². The fraction of sp³-hybridized carbons (Fsp3) is 0.571. The maximum atomic E-state index is 11.9. The maximum absolute atomic E-state index is 11.9. The van der Waals surface area contributed by atoms with Crippen LogP contribution in [0.4, 0.5) is 5.00 Å². The smallest absolute Gasteiger partial charge is 0.348 e. The Hall–Kier alpha value is -1.58. The lowest BCUT2D eigenvalue weighted by molar-refractivity contribution is 0.0530. The van der Waals surface area contributed by atoms with E-state index in [1.165, 1.54) is 0 Å². The normalized spacial score (nSPS) is 10.6. The number of hydrogen-bond donors (Lipinski definition) is 1. The molecule has 0 aliphatic heterocycles. The molecule has 20 heavy (non-hydrogen) atoms. The lowest BCUT2D eigenvalue weighted by Gasteiger charge is -2.16. The number of ether oxygens (including phenoxy) is 1. The predicted octanol–water partition coefficient (Wildman–Crippen LogP) is 2.61. The van der Waals surface area contributed by atoms with Gasteiger partial charge >= 0.3 is 5.97 Å². The third-order valence-electron chi connectivity index (χ3n) is 2.93. The van der Waals surface area contributed by atoms with Gasteiger partial charge in [0.15, 0.2) is 0 Å². The molecule has 0 aliphatic carbocycles. The second-order valence-corrected chi connectivity index (χ2v) is 5.62. The largest absolute Gasteiger partial charge is 0.462 e. The van der Waals surface area contributed by atoms with Gasteiger partial charge in [0.25, 0.3) is 0 Å². The molecule has 0 spiro atoms. The average molecular weight is 295 g/mol. The van der Waals surface area contributed by atoms with Gasteiger partial charge in [0.05, 0.1) is 12.2 Å². The quantitative estimate of drug-likeness (QED) is 0.782. The van der Waals surface area contributed by atoms with Crippen molar-refractivity contribution in [1.29, 1.82) is 5.26 Å². The number of hydrogen-bond acceptors (Lipinski definition) is 6. The number of nitrogens with two attached hydrogens (primary N) is 1. The molecule has 0 fully saturated rings. The van der Waals surface area contributed by atoms with E-state index in [4.69, 9.17) is 10.5 Å². The highest BCUT2D eigenvalue weighted by Gasteiger charge is 2.23. The van der Waals surface area contributed by atoms with Crippen molar-refractivity contribution in [2.75, 3.05) is 25.9 Å². The number of carbonyl (C=O) groups excluding carboxylic acids is 1. The minimum absolute atomic E-state index is 0.309. The molecular formula is C14H21N3O2S. The molecule has 6 heteroatoms. The first-order chi connectivity index (χ1) is 9.54. The predicted molar refractivity (Wildman–Crippen MR) is 80.6 cm³/mol. The van der Waals surface area contributed by atoms with E-state index >= 15 is 0 Å². The van der Waals surface area contributed by atoms with Crippen LogP contribution in [0.2, 0.25) is 0 Å². The SMILES string of the molecule is CCCCN(C)Cc1c(C(=O)OCC)sc(N)c1C#N. The first-order valence-corrected chi connectivity index (χ1v) is 7.53. The average Bonchev–Trinajstić information content (AvgIpc) is 2.72. The van der Waals surface area contributed by atoms with Gasteiger partial charge < -0.3 is 15.4 Å². The number of unbranched alkanes of at least 4 members (excludes halogenated alkanes) is 1. The Labute approximate surface area is 123 Å². The Bertz CT molecular complexity index is 505. The number of anilines is 1. The summed E-state index contributed by atoms with van der Waals surface area (Å²) in [6, 6.07) is 2.09. The van der Waals surface area contributed by atoms with Gasteiger partial charge in [-0.05, 0) is 26.9 Å². The summed E-state index contributed by atoms with van der Waals surface area (Å²) in [4.78, 5) is 14.5. The Morgan fingerprint density at radius 1 is 1.50 bits per heavy atom. The summed E-state index contributed by atoms with van der Waals surface area (Å²) in [7, 11) is 1.97. The highest BCUT2D eigenvalue weighted by Crippen LogP contribution is 2.32. The van der Waals surface area contributed by atoms with Crippen molar-refractivity contribution >= 4 is 22.3 Å². The summed E-state index contributed by atoms with van der Waals surface area (Å²) in [6.45, 7) is 5.64. The number of esters is 1. The van der Waals surface area contributed by atoms with Gasteiger partial charge in [-0.15, -0.1) is 11.3 Å². The van der Waals surface area contributed by atoms with Crippen molar-refractivity contribution in [3.05, 3.63) is 16.0 Å². The Balaban J connectivity index is 3.02. The van der Waals surface area contributed by atoms with Crippen molar-refractivity contribution < 1.29 is 9.53 Å². The fourth-order valence-electron chi connectivity index (χ4n) is 1.90. The highest BCUT2D eigenvalue weighted by molar-refractivity contribution is 7.18. The summed E-state index contributed by atoms with van der Waals surface area (Å²) < 4.78 is 5.03. The third-order valence-corrected chi connectivity index (χ3v) is 3.97. The highest BCUT2D eigenvalue weighted by atomic mass is 32.1. The zero-order chi connectivity index (χ0) is 15.1. The molecule has 0 aromatic carbocycles. The summed E-state index contributed by atoms with van der Waals surface area (Å²) in [6.07, 6.45) is 2.18. The zero-order valence-electron chi connectivity index (χ0n) is 12.2. The van der Waals surface area contributed by atoms with Gasteiger partial charge in [0.1, 0.15) is 15.9 Å². The number of nitrogens with zero attached hydrogens (tertiary/aromatic N) is 2. The van der Waals surface area contributed by atoms with E-state index in [1.54, 1.807) is 6.92 Å². The molecule has 110 valence electrons. The van der Waals surface area contributed by atoms with E-state index in [0.29, 0.717) is 34.2 Å². The van der Waals surface area contributed by atoms with Gasteiger partial charge in [-0.2, -0.15) is 5.26 Å². The monoisotopic (exact) mass is 295 g/mol. The van der Waals surface area contributed by atoms with Gasteiger partial charge in [-0.1, -0.05) is 13.3 Å². The molecule has 5 nitrogen and oxygen atoms in total. The minimum Gasteiger partial charge on any atom is -0.462 e. The van der Waals surface area contributed by atoms with Crippen LogP contribution in [-0.2, 0) is 11.3 Å². The fourth-order valence-corrected chi connectivity index (χ4v) is 2.82. The number of carbonyl (C=O) groups is 1. The molecule has 0 amide bonds. The number of rotatable bonds is 7. The minimum atomic E-state index is -0.399. The third kappa shape index (κ3) is 3.95. The molecule has 0 aliphatic rings. The first-order valence-electron chi connectivity index (χ1n) is 6.71. The van der Waals surface area contributed by atoms with Crippen molar-refractivity contribution in [3.63, 3.8) is 0 Å². The summed E-state index contributed by atoms with van der Waals surface area (Å²) in [5.74, 6) is -0.399. The van der Waals surface area contributed by atoms with Crippen LogP contribution in [0.3, 0.4) is 0 Å². The van der Waals surface area contributed by atoms with Crippen LogP contribution in [0, 0.1) is 11.3 Å². The van der Waals surface area contributed by atoms with E-state index in [9.17, 15) is 10.1 Å². The van der Waals surface area contributed by atoms with E-state index in [1.807, 2.05) is 7.05 Å². The maximum Gasteiger partial charge on any atom is 0.348 e. The van der Waals surface area contributed by atoms with E-state index in [-0.39, 0.29) is 0 Å². The molecule has 0 unspecified atom stereocenters. The molecule has 0 saturated heterocycles. The van der Waals surface area contributed by atoms with Gasteiger partial charge in [0.2, 0.25) is 0 Å². The number of nitriles is 1. The van der Waals surface area contributed by atoms with Crippen LogP contribution in [0.5, 0.6) is 0 Å². The van der Waals surface area contributed by atoms with E-state index < -0.39 is 5.97 Å². The molecule has 0 atom stereocenters. The van der Waals surface area contributed by atoms with Crippen LogP contribution in [0.25, 0.3) is 0 Å². The molecular weight excluding hydrogens is 274 g/mol. The molecule has 0 bridgehead atoms. The Morgan fingerprint density at radius 3 is 2.75 bits per heavy atom. The van der Waals surface area contributed by atoms with Crippen molar-refractivity contribution in [1.82, 2.24) is 4.90 Å². The second kappa shape index (κ2) is 7.88. The standard InChI is InChI=1S/C14H21N3O2S/c1-4-6-7-17(3)9-11-10(8-15)13(16)20-12(11)14(18)19-5-2/h4-7,9,16H2,1-3H3. The molecule has 1 rings (SSSR count). The number of thiophene rings is 1. The summed E-state index contributed by atoms with van der Waals surface area (Å²) in [5, 5.41) is 9.60. The first kappa shape index (κ1) is 16.5. The van der Waals surface area contributed by atoms with E-state index in [2.05, 4.69) is 17.9 Å². The number of nitrogen functional groups attached to an aromatic ring is 1. The topological polar surface area (TPSA) is 79.3 Å². The van der Waals surface area contributed by atoms with Crippen molar-refractivity contribution in [2.24, 2.45) is 0 Å². The summed E-state index contributed by atoms with van der Waals surface area (Å²) >= 11 is 1.13. The Morgan fingerprint density at radius 2 is 2.20 bits per heavy atom. The van der Waals surface area contributed by atoms with Crippen LogP contribution >= 0.6 is 11.3 Å². The molecule has 1 heterocycles. The van der Waals surface area contributed by atoms with Gasteiger partial charge in [-0.25, -0.2) is 4.79 Å². The van der Waals surface area contributed by atoms with Crippen LogP contribution in [0.15, 0.2) is 0 Å². The van der Waals surface area contributed by atoms with E-state index in [0.717, 1.165) is 30.7 Å². The second-order valence-electron chi connectivity index (χ2n) is 4.57. The molecule has 2 N–H and O–H groups in total.